The predicted octanol–water partition coefficient (Wildman–Crippen LogP) is 2.10. The smallest absolute Gasteiger partial charge is 0.230 e. The maximum atomic E-state index is 12.0. The van der Waals surface area contributed by atoms with Gasteiger partial charge in [0, 0.05) is 12.3 Å². The van der Waals surface area contributed by atoms with E-state index in [1.807, 2.05) is 12.1 Å². The van der Waals surface area contributed by atoms with Crippen molar-refractivity contribution in [3.63, 3.8) is 0 Å². The number of hydrogen-bond acceptors (Lipinski definition) is 8. The SMILES string of the molecule is O=C(CSc1nnnn1-c1ccc(O)cc1)NCCSCc1ccco1. The van der Waals surface area contributed by atoms with E-state index in [1.165, 1.54) is 16.4 Å². The highest BCUT2D eigenvalue weighted by Crippen LogP contribution is 2.19. The van der Waals surface area contributed by atoms with Gasteiger partial charge in [-0.3, -0.25) is 4.79 Å². The van der Waals surface area contributed by atoms with Gasteiger partial charge in [0.15, 0.2) is 0 Å². The Morgan fingerprint density at radius 2 is 2.12 bits per heavy atom. The molecule has 0 radical (unpaired) electrons. The Balaban J connectivity index is 1.39. The number of tetrazole rings is 1. The molecule has 0 aliphatic carbocycles. The van der Waals surface area contributed by atoms with Crippen molar-refractivity contribution in [3.05, 3.63) is 48.4 Å². The van der Waals surface area contributed by atoms with Gasteiger partial charge in [-0.2, -0.15) is 16.4 Å². The van der Waals surface area contributed by atoms with Crippen molar-refractivity contribution in [1.82, 2.24) is 25.5 Å². The number of phenols is 1. The van der Waals surface area contributed by atoms with Crippen molar-refractivity contribution in [2.45, 2.75) is 10.9 Å². The molecule has 136 valence electrons. The number of carbonyl (C=O) groups is 1. The highest BCUT2D eigenvalue weighted by molar-refractivity contribution is 7.99. The number of benzene rings is 1. The fourth-order valence-corrected chi connectivity index (χ4v) is 3.51. The summed E-state index contributed by atoms with van der Waals surface area (Å²) in [5.41, 5.74) is 0.713. The number of aromatic hydroxyl groups is 1. The van der Waals surface area contributed by atoms with Crippen LogP contribution in [0.3, 0.4) is 0 Å². The molecule has 2 N–H and O–H groups in total. The Labute approximate surface area is 158 Å². The molecule has 0 fully saturated rings. The molecule has 2 aromatic heterocycles. The van der Waals surface area contributed by atoms with E-state index in [4.69, 9.17) is 4.42 Å². The molecule has 0 aliphatic heterocycles. The summed E-state index contributed by atoms with van der Waals surface area (Å²) in [4.78, 5) is 12.0. The van der Waals surface area contributed by atoms with E-state index >= 15 is 0 Å². The lowest BCUT2D eigenvalue weighted by Gasteiger charge is -2.06. The molecule has 3 aromatic rings. The van der Waals surface area contributed by atoms with Crippen molar-refractivity contribution in [2.75, 3.05) is 18.1 Å². The first kappa shape index (κ1) is 18.3. The predicted molar refractivity (Wildman–Crippen MR) is 99.4 cm³/mol. The molecule has 1 aromatic carbocycles. The van der Waals surface area contributed by atoms with Crippen molar-refractivity contribution < 1.29 is 14.3 Å². The molecule has 10 heteroatoms. The molecule has 0 atom stereocenters. The minimum absolute atomic E-state index is 0.0751. The molecule has 0 unspecified atom stereocenters. The molecular formula is C16H17N5O3S2. The van der Waals surface area contributed by atoms with Gasteiger partial charge in [-0.25, -0.2) is 0 Å². The Hall–Kier alpha value is -2.46. The molecule has 0 bridgehead atoms. The highest BCUT2D eigenvalue weighted by Gasteiger charge is 2.11. The fraction of sp³-hybridized carbons (Fsp3) is 0.250. The van der Waals surface area contributed by atoms with Gasteiger partial charge < -0.3 is 14.8 Å². The number of hydrogen-bond donors (Lipinski definition) is 2. The second-order valence-corrected chi connectivity index (χ2v) is 7.21. The highest BCUT2D eigenvalue weighted by atomic mass is 32.2. The maximum absolute atomic E-state index is 12.0. The lowest BCUT2D eigenvalue weighted by molar-refractivity contribution is -0.118. The van der Waals surface area contributed by atoms with Crippen molar-refractivity contribution >= 4 is 29.4 Å². The Kier molecular flexibility index (Phi) is 6.56. The van der Waals surface area contributed by atoms with Crippen LogP contribution >= 0.6 is 23.5 Å². The van der Waals surface area contributed by atoms with E-state index in [0.29, 0.717) is 17.4 Å². The van der Waals surface area contributed by atoms with E-state index in [-0.39, 0.29) is 17.4 Å². The molecule has 0 saturated carbocycles. The Morgan fingerprint density at radius 3 is 2.88 bits per heavy atom. The van der Waals surface area contributed by atoms with Crippen molar-refractivity contribution in [3.8, 4) is 11.4 Å². The zero-order chi connectivity index (χ0) is 18.2. The Bertz CT molecular complexity index is 821. The number of thioether (sulfide) groups is 2. The summed E-state index contributed by atoms with van der Waals surface area (Å²) in [5, 5.41) is 24.2. The largest absolute Gasteiger partial charge is 0.508 e. The van der Waals surface area contributed by atoms with Crippen LogP contribution in [0.15, 0.2) is 52.2 Å². The lowest BCUT2D eigenvalue weighted by Crippen LogP contribution is -2.27. The summed E-state index contributed by atoms with van der Waals surface area (Å²) in [6, 6.07) is 10.3. The monoisotopic (exact) mass is 391 g/mol. The number of rotatable bonds is 9. The molecule has 26 heavy (non-hydrogen) atoms. The topological polar surface area (TPSA) is 106 Å². The number of phenolic OH excluding ortho intramolecular Hbond substituents is 1. The molecule has 0 spiro atoms. The number of nitrogens with one attached hydrogen (secondary N) is 1. The Morgan fingerprint density at radius 1 is 1.27 bits per heavy atom. The normalized spacial score (nSPS) is 10.8. The molecular weight excluding hydrogens is 374 g/mol. The van der Waals surface area contributed by atoms with E-state index in [1.54, 1.807) is 42.3 Å². The van der Waals surface area contributed by atoms with Gasteiger partial charge in [-0.15, -0.1) is 5.10 Å². The van der Waals surface area contributed by atoms with Crippen LogP contribution in [0, 0.1) is 0 Å². The first-order chi connectivity index (χ1) is 12.7. The maximum Gasteiger partial charge on any atom is 0.230 e. The third-order valence-corrected chi connectivity index (χ3v) is 5.16. The lowest BCUT2D eigenvalue weighted by atomic mass is 10.3. The van der Waals surface area contributed by atoms with Crippen LogP contribution in [0.4, 0.5) is 0 Å². The van der Waals surface area contributed by atoms with Gasteiger partial charge in [0.2, 0.25) is 11.1 Å². The van der Waals surface area contributed by atoms with E-state index in [0.717, 1.165) is 17.3 Å². The van der Waals surface area contributed by atoms with Crippen LogP contribution < -0.4 is 5.32 Å². The van der Waals surface area contributed by atoms with Crippen molar-refractivity contribution in [1.29, 1.82) is 0 Å². The third kappa shape index (κ3) is 5.27. The molecule has 0 saturated heterocycles. The zero-order valence-electron chi connectivity index (χ0n) is 13.7. The number of aromatic nitrogens is 4. The summed E-state index contributed by atoms with van der Waals surface area (Å²) in [7, 11) is 0. The summed E-state index contributed by atoms with van der Waals surface area (Å²) < 4.78 is 6.77. The van der Waals surface area contributed by atoms with Crippen LogP contribution in [-0.2, 0) is 10.5 Å². The number of amides is 1. The van der Waals surface area contributed by atoms with Crippen LogP contribution in [0.5, 0.6) is 5.75 Å². The van der Waals surface area contributed by atoms with Crippen LogP contribution in [-0.4, -0.2) is 49.3 Å². The number of nitrogens with zero attached hydrogens (tertiary/aromatic N) is 4. The minimum Gasteiger partial charge on any atom is -0.508 e. The summed E-state index contributed by atoms with van der Waals surface area (Å²) in [6.45, 7) is 0.591. The van der Waals surface area contributed by atoms with Crippen LogP contribution in [0.25, 0.3) is 5.69 Å². The second-order valence-electron chi connectivity index (χ2n) is 5.16. The average molecular weight is 391 g/mol. The summed E-state index contributed by atoms with van der Waals surface area (Å²) >= 11 is 2.95. The number of furan rings is 1. The standard InChI is InChI=1S/C16H17N5O3S2/c22-13-5-3-12(4-6-13)21-16(18-19-20-21)26-11-15(23)17-7-9-25-10-14-2-1-8-24-14/h1-6,8,22H,7,9-11H2,(H,17,23). The molecule has 8 nitrogen and oxygen atoms in total. The summed E-state index contributed by atoms with van der Waals surface area (Å²) in [6.07, 6.45) is 1.65. The van der Waals surface area contributed by atoms with E-state index in [9.17, 15) is 9.90 Å². The van der Waals surface area contributed by atoms with E-state index in [2.05, 4.69) is 20.8 Å². The first-order valence-electron chi connectivity index (χ1n) is 7.80. The third-order valence-electron chi connectivity index (χ3n) is 3.26. The van der Waals surface area contributed by atoms with Gasteiger partial charge in [0.05, 0.1) is 23.5 Å². The second kappa shape index (κ2) is 9.30. The molecule has 3 rings (SSSR count). The van der Waals surface area contributed by atoms with Gasteiger partial charge in [0.25, 0.3) is 0 Å². The van der Waals surface area contributed by atoms with E-state index < -0.39 is 0 Å². The molecule has 2 heterocycles. The first-order valence-corrected chi connectivity index (χ1v) is 9.94. The zero-order valence-corrected chi connectivity index (χ0v) is 15.4. The molecule has 1 amide bonds. The number of carbonyl (C=O) groups excluding carboxylic acids is 1. The quantitative estimate of drug-likeness (QED) is 0.422. The van der Waals surface area contributed by atoms with Crippen molar-refractivity contribution in [2.24, 2.45) is 0 Å². The molecule has 0 aliphatic rings. The van der Waals surface area contributed by atoms with Gasteiger partial charge in [-0.05, 0) is 46.8 Å². The van der Waals surface area contributed by atoms with Crippen LogP contribution in [0.1, 0.15) is 5.76 Å². The van der Waals surface area contributed by atoms with Crippen LogP contribution in [0.2, 0.25) is 0 Å². The summed E-state index contributed by atoms with van der Waals surface area (Å²) in [5.74, 6) is 2.84. The van der Waals surface area contributed by atoms with Gasteiger partial charge in [-0.1, -0.05) is 11.8 Å². The van der Waals surface area contributed by atoms with Gasteiger partial charge in [0.1, 0.15) is 11.5 Å². The fourth-order valence-electron chi connectivity index (χ4n) is 2.04. The van der Waals surface area contributed by atoms with Gasteiger partial charge >= 0.3 is 0 Å². The average Bonchev–Trinajstić information content (AvgIpc) is 3.32. The minimum atomic E-state index is -0.0751.